The number of carbonyl (C=O) groups is 3. The second-order valence-electron chi connectivity index (χ2n) is 9.23. The lowest BCUT2D eigenvalue weighted by molar-refractivity contribution is 0.0965. The SMILES string of the molecule is CCCCN(CCCC)S(=O)(=O)c1ccc(C(=O)Nc2sc3c(c2C(=O)NC(N)=O)CCN(CC)C3)cc1. The van der Waals surface area contributed by atoms with Crippen molar-refractivity contribution in [3.63, 3.8) is 0 Å². The van der Waals surface area contributed by atoms with Crippen LogP contribution in [0.4, 0.5) is 9.80 Å². The fourth-order valence-electron chi connectivity index (χ4n) is 4.35. The van der Waals surface area contributed by atoms with Crippen LogP contribution in [-0.4, -0.2) is 61.6 Å². The fourth-order valence-corrected chi connectivity index (χ4v) is 7.15. The maximum Gasteiger partial charge on any atom is 0.319 e. The Morgan fingerprint density at radius 1 is 1.03 bits per heavy atom. The number of imide groups is 1. The van der Waals surface area contributed by atoms with Crippen LogP contribution in [0.25, 0.3) is 0 Å². The molecule has 1 aromatic carbocycles. The van der Waals surface area contributed by atoms with Crippen LogP contribution in [0, 0.1) is 0 Å². The van der Waals surface area contributed by atoms with E-state index in [9.17, 15) is 22.8 Å². The molecule has 2 heterocycles. The van der Waals surface area contributed by atoms with Crippen molar-refractivity contribution in [1.29, 1.82) is 0 Å². The molecule has 0 fully saturated rings. The quantitative estimate of drug-likeness (QED) is 0.359. The van der Waals surface area contributed by atoms with Crippen molar-refractivity contribution in [2.75, 3.05) is 31.5 Å². The van der Waals surface area contributed by atoms with Crippen molar-refractivity contribution in [1.82, 2.24) is 14.5 Å². The Labute approximate surface area is 228 Å². The van der Waals surface area contributed by atoms with E-state index in [2.05, 4.69) is 22.5 Å². The molecule has 4 amide bonds. The number of nitrogens with zero attached hydrogens (tertiary/aromatic N) is 2. The Hall–Kier alpha value is -2.80. The lowest BCUT2D eigenvalue weighted by Gasteiger charge is -2.25. The number of nitrogens with two attached hydrogens (primary N) is 1. The van der Waals surface area contributed by atoms with Crippen molar-refractivity contribution in [3.05, 3.63) is 45.8 Å². The molecule has 12 heteroatoms. The van der Waals surface area contributed by atoms with Gasteiger partial charge < -0.3 is 11.1 Å². The van der Waals surface area contributed by atoms with Crippen LogP contribution in [0.3, 0.4) is 0 Å². The monoisotopic (exact) mass is 563 g/mol. The minimum atomic E-state index is -3.68. The number of likely N-dealkylation sites (N-methyl/N-ethyl adjacent to an activating group) is 1. The number of primary amides is 1. The summed E-state index contributed by atoms with van der Waals surface area (Å²) in [4.78, 5) is 40.6. The van der Waals surface area contributed by atoms with E-state index in [1.807, 2.05) is 13.8 Å². The summed E-state index contributed by atoms with van der Waals surface area (Å²) in [6.07, 6.45) is 3.93. The van der Waals surface area contributed by atoms with Gasteiger partial charge in [0.05, 0.1) is 10.5 Å². The predicted octanol–water partition coefficient (Wildman–Crippen LogP) is 3.78. The molecular weight excluding hydrogens is 526 g/mol. The van der Waals surface area contributed by atoms with Gasteiger partial charge in [-0.15, -0.1) is 11.3 Å². The Morgan fingerprint density at radius 3 is 2.21 bits per heavy atom. The van der Waals surface area contributed by atoms with Gasteiger partial charge in [0, 0.05) is 36.6 Å². The van der Waals surface area contributed by atoms with Gasteiger partial charge in [0.2, 0.25) is 10.0 Å². The number of hydrogen-bond donors (Lipinski definition) is 3. The smallest absolute Gasteiger partial charge is 0.319 e. The van der Waals surface area contributed by atoms with Crippen LogP contribution >= 0.6 is 11.3 Å². The third-order valence-electron chi connectivity index (χ3n) is 6.55. The first kappa shape index (κ1) is 29.8. The number of rotatable bonds is 12. The molecule has 0 bridgehead atoms. The van der Waals surface area contributed by atoms with Gasteiger partial charge >= 0.3 is 6.03 Å². The number of anilines is 1. The van der Waals surface area contributed by atoms with Gasteiger partial charge in [0.25, 0.3) is 11.8 Å². The van der Waals surface area contributed by atoms with Crippen molar-refractivity contribution in [3.8, 4) is 0 Å². The Bertz CT molecular complexity index is 1250. The van der Waals surface area contributed by atoms with Crippen LogP contribution in [0.15, 0.2) is 29.2 Å². The number of nitrogens with one attached hydrogen (secondary N) is 2. The zero-order chi connectivity index (χ0) is 27.9. The summed E-state index contributed by atoms with van der Waals surface area (Å²) >= 11 is 1.30. The number of amides is 4. The maximum atomic E-state index is 13.2. The van der Waals surface area contributed by atoms with E-state index in [0.717, 1.165) is 49.2 Å². The van der Waals surface area contributed by atoms with Crippen LogP contribution < -0.4 is 16.4 Å². The molecular formula is C26H37N5O5S2. The Morgan fingerprint density at radius 2 is 1.66 bits per heavy atom. The highest BCUT2D eigenvalue weighted by Crippen LogP contribution is 2.37. The summed E-state index contributed by atoms with van der Waals surface area (Å²) in [5.74, 6) is -1.14. The van der Waals surface area contributed by atoms with E-state index in [1.54, 1.807) is 0 Å². The molecule has 10 nitrogen and oxygen atoms in total. The van der Waals surface area contributed by atoms with Gasteiger partial charge in [0.15, 0.2) is 0 Å². The van der Waals surface area contributed by atoms with Crippen LogP contribution in [0.1, 0.15) is 77.6 Å². The molecule has 0 aliphatic carbocycles. The van der Waals surface area contributed by atoms with Gasteiger partial charge in [0.1, 0.15) is 5.00 Å². The fraction of sp³-hybridized carbons (Fsp3) is 0.500. The number of urea groups is 1. The van der Waals surface area contributed by atoms with Gasteiger partial charge in [-0.1, -0.05) is 33.6 Å². The number of sulfonamides is 1. The highest BCUT2D eigenvalue weighted by Gasteiger charge is 2.29. The molecule has 1 aliphatic rings. The molecule has 0 atom stereocenters. The molecule has 0 unspecified atom stereocenters. The van der Waals surface area contributed by atoms with E-state index in [-0.39, 0.29) is 16.0 Å². The van der Waals surface area contributed by atoms with Crippen molar-refractivity contribution in [2.45, 2.75) is 64.3 Å². The van der Waals surface area contributed by atoms with Crippen LogP contribution in [0.2, 0.25) is 0 Å². The van der Waals surface area contributed by atoms with Gasteiger partial charge in [-0.25, -0.2) is 13.2 Å². The Balaban J connectivity index is 1.84. The average molecular weight is 564 g/mol. The van der Waals surface area contributed by atoms with Crippen molar-refractivity contribution < 1.29 is 22.8 Å². The molecule has 0 radical (unpaired) electrons. The first-order valence-corrected chi connectivity index (χ1v) is 15.3. The Kier molecular flexibility index (Phi) is 10.4. The summed E-state index contributed by atoms with van der Waals surface area (Å²) in [6.45, 7) is 9.25. The number of benzene rings is 1. The molecule has 4 N–H and O–H groups in total. The van der Waals surface area contributed by atoms with Gasteiger partial charge in [-0.2, -0.15) is 4.31 Å². The minimum Gasteiger partial charge on any atom is -0.351 e. The van der Waals surface area contributed by atoms with Gasteiger partial charge in [-0.3, -0.25) is 19.8 Å². The van der Waals surface area contributed by atoms with Crippen molar-refractivity contribution >= 4 is 44.2 Å². The highest BCUT2D eigenvalue weighted by molar-refractivity contribution is 7.89. The second-order valence-corrected chi connectivity index (χ2v) is 12.3. The van der Waals surface area contributed by atoms with E-state index >= 15 is 0 Å². The van der Waals surface area contributed by atoms with Gasteiger partial charge in [-0.05, 0) is 55.6 Å². The van der Waals surface area contributed by atoms with E-state index in [4.69, 9.17) is 5.73 Å². The van der Waals surface area contributed by atoms with Crippen LogP contribution in [-0.2, 0) is 23.0 Å². The first-order chi connectivity index (χ1) is 18.1. The van der Waals surface area contributed by atoms with E-state index in [0.29, 0.717) is 31.1 Å². The third kappa shape index (κ3) is 6.99. The standard InChI is InChI=1S/C26H37N5O5S2/c1-4-7-14-31(15-8-5-2)38(35,36)19-11-9-18(10-12-19)23(32)28-25-22(24(33)29-26(27)34)20-13-16-30(6-3)17-21(20)37-25/h9-12H,4-8,13-17H2,1-3H3,(H,28,32)(H3,27,29,33,34). The molecule has 2 aromatic rings. The normalized spacial score (nSPS) is 13.8. The second kappa shape index (κ2) is 13.3. The molecule has 3 rings (SSSR count). The molecule has 0 spiro atoms. The first-order valence-electron chi connectivity index (χ1n) is 13.0. The number of unbranched alkanes of at least 4 members (excludes halogenated alkanes) is 2. The number of hydrogen-bond acceptors (Lipinski definition) is 7. The zero-order valence-electron chi connectivity index (χ0n) is 22.2. The number of thiophene rings is 1. The molecule has 38 heavy (non-hydrogen) atoms. The van der Waals surface area contributed by atoms with Crippen molar-refractivity contribution in [2.24, 2.45) is 5.73 Å². The summed E-state index contributed by atoms with van der Waals surface area (Å²) in [5, 5.41) is 5.24. The number of carbonyl (C=O) groups excluding carboxylic acids is 3. The summed E-state index contributed by atoms with van der Waals surface area (Å²) < 4.78 is 28.0. The summed E-state index contributed by atoms with van der Waals surface area (Å²) in [6, 6.07) is 4.84. The largest absolute Gasteiger partial charge is 0.351 e. The predicted molar refractivity (Wildman–Crippen MR) is 149 cm³/mol. The number of fused-ring (bicyclic) bond motifs is 1. The average Bonchev–Trinajstić information content (AvgIpc) is 3.25. The van der Waals surface area contributed by atoms with E-state index < -0.39 is 27.9 Å². The van der Waals surface area contributed by atoms with Crippen LogP contribution in [0.5, 0.6) is 0 Å². The molecule has 0 saturated carbocycles. The minimum absolute atomic E-state index is 0.133. The zero-order valence-corrected chi connectivity index (χ0v) is 23.8. The molecule has 208 valence electrons. The third-order valence-corrected chi connectivity index (χ3v) is 9.60. The van der Waals surface area contributed by atoms with E-state index in [1.165, 1.54) is 39.9 Å². The molecule has 0 saturated heterocycles. The maximum absolute atomic E-state index is 13.2. The lowest BCUT2D eigenvalue weighted by atomic mass is 10.0. The lowest BCUT2D eigenvalue weighted by Crippen LogP contribution is -2.36. The molecule has 1 aliphatic heterocycles. The highest BCUT2D eigenvalue weighted by atomic mass is 32.2. The summed E-state index contributed by atoms with van der Waals surface area (Å²) in [5.41, 5.74) is 6.47. The topological polar surface area (TPSA) is 142 Å². The summed E-state index contributed by atoms with van der Waals surface area (Å²) in [7, 11) is -3.68. The molecule has 1 aromatic heterocycles.